The van der Waals surface area contributed by atoms with Gasteiger partial charge in [-0.05, 0) is 48.7 Å². The van der Waals surface area contributed by atoms with Crippen molar-refractivity contribution in [2.24, 2.45) is 0 Å². The lowest BCUT2D eigenvalue weighted by molar-refractivity contribution is 0.448. The predicted octanol–water partition coefficient (Wildman–Crippen LogP) is 4.30. The van der Waals surface area contributed by atoms with E-state index in [0.29, 0.717) is 0 Å². The molecule has 1 fully saturated rings. The SMILES string of the molecule is CCCNCc1csc(C2CCCCC2)c1. The molecular weight excluding hydrogens is 214 g/mol. The van der Waals surface area contributed by atoms with E-state index in [-0.39, 0.29) is 0 Å². The van der Waals surface area contributed by atoms with Crippen molar-refractivity contribution in [2.75, 3.05) is 6.54 Å². The number of nitrogens with one attached hydrogen (secondary N) is 1. The highest BCUT2D eigenvalue weighted by molar-refractivity contribution is 7.10. The molecule has 0 spiro atoms. The van der Waals surface area contributed by atoms with Gasteiger partial charge in [0.2, 0.25) is 0 Å². The van der Waals surface area contributed by atoms with Crippen molar-refractivity contribution in [3.8, 4) is 0 Å². The largest absolute Gasteiger partial charge is 0.313 e. The third kappa shape index (κ3) is 3.33. The first kappa shape index (κ1) is 12.1. The van der Waals surface area contributed by atoms with Gasteiger partial charge in [-0.25, -0.2) is 0 Å². The van der Waals surface area contributed by atoms with E-state index in [9.17, 15) is 0 Å². The molecule has 1 aliphatic carbocycles. The monoisotopic (exact) mass is 237 g/mol. The fraction of sp³-hybridized carbons (Fsp3) is 0.714. The van der Waals surface area contributed by atoms with Crippen molar-refractivity contribution < 1.29 is 0 Å². The molecule has 1 heterocycles. The van der Waals surface area contributed by atoms with Crippen molar-refractivity contribution >= 4 is 11.3 Å². The Bertz CT molecular complexity index is 299. The van der Waals surface area contributed by atoms with Gasteiger partial charge in [-0.2, -0.15) is 0 Å². The standard InChI is InChI=1S/C14H23NS/c1-2-8-15-10-12-9-14(16-11-12)13-6-4-3-5-7-13/h9,11,13,15H,2-8,10H2,1H3. The molecule has 0 aromatic carbocycles. The van der Waals surface area contributed by atoms with E-state index in [2.05, 4.69) is 23.7 Å². The van der Waals surface area contributed by atoms with Crippen molar-refractivity contribution in [1.82, 2.24) is 5.32 Å². The van der Waals surface area contributed by atoms with Crippen LogP contribution in [0, 0.1) is 0 Å². The van der Waals surface area contributed by atoms with Gasteiger partial charge in [-0.15, -0.1) is 11.3 Å². The van der Waals surface area contributed by atoms with Crippen LogP contribution >= 0.6 is 11.3 Å². The average Bonchev–Trinajstić information content (AvgIpc) is 2.79. The summed E-state index contributed by atoms with van der Waals surface area (Å²) in [5, 5.41) is 5.81. The minimum absolute atomic E-state index is 0.874. The highest BCUT2D eigenvalue weighted by Crippen LogP contribution is 2.35. The summed E-state index contributed by atoms with van der Waals surface area (Å²) < 4.78 is 0. The molecule has 0 radical (unpaired) electrons. The van der Waals surface area contributed by atoms with Crippen LogP contribution in [-0.2, 0) is 6.54 Å². The van der Waals surface area contributed by atoms with Crippen LogP contribution in [-0.4, -0.2) is 6.54 Å². The van der Waals surface area contributed by atoms with Crippen LogP contribution in [0.5, 0.6) is 0 Å². The van der Waals surface area contributed by atoms with Crippen LogP contribution in [0.25, 0.3) is 0 Å². The van der Waals surface area contributed by atoms with Crippen LogP contribution in [0.3, 0.4) is 0 Å². The van der Waals surface area contributed by atoms with Gasteiger partial charge in [0, 0.05) is 11.4 Å². The number of hydrogen-bond acceptors (Lipinski definition) is 2. The van der Waals surface area contributed by atoms with Crippen LogP contribution < -0.4 is 5.32 Å². The van der Waals surface area contributed by atoms with Gasteiger partial charge in [-0.3, -0.25) is 0 Å². The topological polar surface area (TPSA) is 12.0 Å². The molecule has 2 heteroatoms. The van der Waals surface area contributed by atoms with Crippen LogP contribution in [0.1, 0.15) is 61.8 Å². The van der Waals surface area contributed by atoms with Crippen LogP contribution in [0.4, 0.5) is 0 Å². The van der Waals surface area contributed by atoms with Gasteiger partial charge in [-0.1, -0.05) is 26.2 Å². The van der Waals surface area contributed by atoms with E-state index < -0.39 is 0 Å². The van der Waals surface area contributed by atoms with Gasteiger partial charge in [0.25, 0.3) is 0 Å². The van der Waals surface area contributed by atoms with E-state index >= 15 is 0 Å². The second kappa shape index (κ2) is 6.41. The van der Waals surface area contributed by atoms with E-state index in [1.54, 1.807) is 4.88 Å². The summed E-state index contributed by atoms with van der Waals surface area (Å²) in [5.74, 6) is 0.874. The summed E-state index contributed by atoms with van der Waals surface area (Å²) in [6.45, 7) is 4.40. The molecule has 1 saturated carbocycles. The Morgan fingerprint density at radius 3 is 2.88 bits per heavy atom. The fourth-order valence-electron chi connectivity index (χ4n) is 2.50. The first-order valence-corrected chi connectivity index (χ1v) is 7.56. The quantitative estimate of drug-likeness (QED) is 0.753. The molecule has 2 rings (SSSR count). The third-order valence-corrected chi connectivity index (χ3v) is 4.58. The third-order valence-electron chi connectivity index (χ3n) is 3.44. The lowest BCUT2D eigenvalue weighted by Crippen LogP contribution is -2.13. The second-order valence-electron chi connectivity index (χ2n) is 4.87. The minimum atomic E-state index is 0.874. The molecule has 0 atom stereocenters. The smallest absolute Gasteiger partial charge is 0.0213 e. The maximum Gasteiger partial charge on any atom is 0.0213 e. The first-order valence-electron chi connectivity index (χ1n) is 6.68. The molecule has 0 bridgehead atoms. The van der Waals surface area contributed by atoms with Crippen LogP contribution in [0.15, 0.2) is 11.4 Å². The Hall–Kier alpha value is -0.340. The van der Waals surface area contributed by atoms with E-state index in [1.165, 1.54) is 44.1 Å². The molecule has 16 heavy (non-hydrogen) atoms. The molecule has 1 nitrogen and oxygen atoms in total. The highest BCUT2D eigenvalue weighted by Gasteiger charge is 2.16. The van der Waals surface area contributed by atoms with Crippen molar-refractivity contribution in [1.29, 1.82) is 0 Å². The Kier molecular flexibility index (Phi) is 4.86. The summed E-state index contributed by atoms with van der Waals surface area (Å²) in [7, 11) is 0. The second-order valence-corrected chi connectivity index (χ2v) is 5.81. The fourth-order valence-corrected chi connectivity index (χ4v) is 3.58. The molecule has 1 aromatic heterocycles. The summed E-state index contributed by atoms with van der Waals surface area (Å²) in [6.07, 6.45) is 8.38. The van der Waals surface area contributed by atoms with Crippen molar-refractivity contribution in [3.05, 3.63) is 21.9 Å². The maximum atomic E-state index is 3.47. The summed E-state index contributed by atoms with van der Waals surface area (Å²) in [4.78, 5) is 1.63. The molecule has 0 saturated heterocycles. The molecule has 1 N–H and O–H groups in total. The lowest BCUT2D eigenvalue weighted by Gasteiger charge is -2.19. The Labute approximate surface area is 103 Å². The first-order chi connectivity index (χ1) is 7.90. The van der Waals surface area contributed by atoms with Crippen molar-refractivity contribution in [3.63, 3.8) is 0 Å². The summed E-state index contributed by atoms with van der Waals surface area (Å²) >= 11 is 1.97. The van der Waals surface area contributed by atoms with E-state index in [0.717, 1.165) is 19.0 Å². The van der Waals surface area contributed by atoms with Gasteiger partial charge in [0.15, 0.2) is 0 Å². The molecule has 0 unspecified atom stereocenters. The van der Waals surface area contributed by atoms with Gasteiger partial charge in [0.1, 0.15) is 0 Å². The molecule has 90 valence electrons. The van der Waals surface area contributed by atoms with E-state index in [4.69, 9.17) is 0 Å². The molecule has 0 aliphatic heterocycles. The van der Waals surface area contributed by atoms with Gasteiger partial charge < -0.3 is 5.32 Å². The van der Waals surface area contributed by atoms with Crippen molar-refractivity contribution in [2.45, 2.75) is 57.9 Å². The zero-order chi connectivity index (χ0) is 11.2. The minimum Gasteiger partial charge on any atom is -0.313 e. The highest BCUT2D eigenvalue weighted by atomic mass is 32.1. The zero-order valence-corrected chi connectivity index (χ0v) is 11.1. The summed E-state index contributed by atoms with van der Waals surface area (Å²) in [5.41, 5.74) is 1.49. The number of thiophene rings is 1. The molecule has 0 amide bonds. The van der Waals surface area contributed by atoms with E-state index in [1.807, 2.05) is 11.3 Å². The zero-order valence-electron chi connectivity index (χ0n) is 10.3. The molecular formula is C14H23NS. The molecule has 1 aliphatic rings. The normalized spacial score (nSPS) is 17.8. The summed E-state index contributed by atoms with van der Waals surface area (Å²) in [6, 6.07) is 2.43. The average molecular weight is 237 g/mol. The Morgan fingerprint density at radius 1 is 1.31 bits per heavy atom. The lowest BCUT2D eigenvalue weighted by atomic mass is 9.88. The van der Waals surface area contributed by atoms with Crippen LogP contribution in [0.2, 0.25) is 0 Å². The van der Waals surface area contributed by atoms with Gasteiger partial charge in [0.05, 0.1) is 0 Å². The Balaban J connectivity index is 1.85. The van der Waals surface area contributed by atoms with Gasteiger partial charge >= 0.3 is 0 Å². The Morgan fingerprint density at radius 2 is 2.12 bits per heavy atom. The predicted molar refractivity (Wildman–Crippen MR) is 72.1 cm³/mol. The molecule has 1 aromatic rings. The number of rotatable bonds is 5. The maximum absolute atomic E-state index is 3.47. The number of hydrogen-bond donors (Lipinski definition) is 1.